The molecule has 0 aliphatic carbocycles. The van der Waals surface area contributed by atoms with Crippen LogP contribution in [0.4, 0.5) is 5.82 Å². The number of hydrogen-bond acceptors (Lipinski definition) is 4. The largest absolute Gasteiger partial charge is 0.356 e. The molecule has 2 aromatic rings. The van der Waals surface area contributed by atoms with Crippen molar-refractivity contribution in [3.8, 4) is 0 Å². The third-order valence-electron chi connectivity index (χ3n) is 3.32. The van der Waals surface area contributed by atoms with Crippen LogP contribution in [0.1, 0.15) is 10.5 Å². The van der Waals surface area contributed by atoms with Crippen LogP contribution in [0.2, 0.25) is 5.02 Å². The van der Waals surface area contributed by atoms with Gasteiger partial charge in [0.1, 0.15) is 11.5 Å². The number of H-pyrrole nitrogens is 1. The molecule has 1 aliphatic heterocycles. The molecule has 0 bridgehead atoms. The number of anilines is 1. The number of nitrogens with one attached hydrogen (secondary N) is 1. The van der Waals surface area contributed by atoms with Crippen molar-refractivity contribution in [2.45, 2.75) is 0 Å². The van der Waals surface area contributed by atoms with Gasteiger partial charge in [0, 0.05) is 44.8 Å². The number of hydrogen-bond donors (Lipinski definition) is 1. The Labute approximate surface area is 121 Å². The maximum atomic E-state index is 12.2. The molecule has 0 aromatic carbocycles. The van der Waals surface area contributed by atoms with Crippen molar-refractivity contribution < 1.29 is 4.79 Å². The summed E-state index contributed by atoms with van der Waals surface area (Å²) in [5, 5.41) is 0.548. The normalized spacial score (nSPS) is 15.4. The third kappa shape index (κ3) is 2.60. The summed E-state index contributed by atoms with van der Waals surface area (Å²) in [6, 6.07) is 1.65. The summed E-state index contributed by atoms with van der Waals surface area (Å²) >= 11 is 5.82. The predicted molar refractivity (Wildman–Crippen MR) is 76.0 cm³/mol. The maximum absolute atomic E-state index is 12.2. The molecule has 1 amide bonds. The first-order valence-corrected chi connectivity index (χ1v) is 6.76. The standard InChI is InChI=1S/C13H14ClN5O/c14-10-7-11(17-8-10)13(20)19-5-3-18(4-6-19)12-9-15-1-2-16-12/h1-2,7-9,17H,3-6H2. The molecule has 0 atom stereocenters. The van der Waals surface area contributed by atoms with Gasteiger partial charge >= 0.3 is 0 Å². The Morgan fingerprint density at radius 1 is 1.25 bits per heavy atom. The molecule has 7 heteroatoms. The molecule has 1 aliphatic rings. The van der Waals surface area contributed by atoms with Gasteiger partial charge in [-0.25, -0.2) is 4.98 Å². The summed E-state index contributed by atoms with van der Waals surface area (Å²) in [6.45, 7) is 2.82. The molecule has 6 nitrogen and oxygen atoms in total. The number of rotatable bonds is 2. The van der Waals surface area contributed by atoms with E-state index in [1.165, 1.54) is 0 Å². The fraction of sp³-hybridized carbons (Fsp3) is 0.308. The lowest BCUT2D eigenvalue weighted by Crippen LogP contribution is -2.49. The van der Waals surface area contributed by atoms with E-state index in [9.17, 15) is 4.79 Å². The van der Waals surface area contributed by atoms with E-state index >= 15 is 0 Å². The van der Waals surface area contributed by atoms with Crippen molar-refractivity contribution >= 4 is 23.3 Å². The Morgan fingerprint density at radius 3 is 2.65 bits per heavy atom. The number of nitrogens with zero attached hydrogens (tertiary/aromatic N) is 4. The summed E-state index contributed by atoms with van der Waals surface area (Å²) in [5.74, 6) is 0.832. The highest BCUT2D eigenvalue weighted by Crippen LogP contribution is 2.15. The smallest absolute Gasteiger partial charge is 0.270 e. The van der Waals surface area contributed by atoms with Crippen molar-refractivity contribution in [1.29, 1.82) is 0 Å². The molecule has 2 aromatic heterocycles. The zero-order valence-electron chi connectivity index (χ0n) is 10.8. The number of amides is 1. The van der Waals surface area contributed by atoms with Gasteiger partial charge in [-0.1, -0.05) is 11.6 Å². The molecule has 0 unspecified atom stereocenters. The summed E-state index contributed by atoms with van der Waals surface area (Å²) in [5.41, 5.74) is 0.531. The number of carbonyl (C=O) groups excluding carboxylic acids is 1. The molecule has 3 heterocycles. The minimum atomic E-state index is -0.0179. The molecule has 1 saturated heterocycles. The van der Waals surface area contributed by atoms with Gasteiger partial charge in [-0.15, -0.1) is 0 Å². The molecular formula is C13H14ClN5O. The summed E-state index contributed by atoms with van der Waals surface area (Å²) in [4.78, 5) is 27.4. The van der Waals surface area contributed by atoms with E-state index < -0.39 is 0 Å². The number of piperazine rings is 1. The summed E-state index contributed by atoms with van der Waals surface area (Å²) in [7, 11) is 0. The lowest BCUT2D eigenvalue weighted by atomic mass is 10.3. The van der Waals surface area contributed by atoms with E-state index in [1.807, 2.05) is 4.90 Å². The zero-order valence-corrected chi connectivity index (χ0v) is 11.5. The Bertz CT molecular complexity index is 592. The zero-order chi connectivity index (χ0) is 13.9. The van der Waals surface area contributed by atoms with Crippen LogP contribution >= 0.6 is 11.6 Å². The van der Waals surface area contributed by atoms with Gasteiger partial charge in [0.2, 0.25) is 0 Å². The van der Waals surface area contributed by atoms with E-state index in [-0.39, 0.29) is 5.91 Å². The molecular weight excluding hydrogens is 278 g/mol. The Balaban J connectivity index is 1.63. The van der Waals surface area contributed by atoms with Crippen molar-refractivity contribution in [2.75, 3.05) is 31.1 Å². The van der Waals surface area contributed by atoms with Gasteiger partial charge in [0.15, 0.2) is 0 Å². The lowest BCUT2D eigenvalue weighted by molar-refractivity contribution is 0.0741. The maximum Gasteiger partial charge on any atom is 0.270 e. The van der Waals surface area contributed by atoms with Crippen LogP contribution in [-0.4, -0.2) is 51.9 Å². The van der Waals surface area contributed by atoms with Crippen molar-refractivity contribution in [3.05, 3.63) is 41.6 Å². The monoisotopic (exact) mass is 291 g/mol. The fourth-order valence-electron chi connectivity index (χ4n) is 2.25. The molecule has 0 spiro atoms. The van der Waals surface area contributed by atoms with E-state index in [0.717, 1.165) is 18.9 Å². The van der Waals surface area contributed by atoms with Crippen molar-refractivity contribution in [2.24, 2.45) is 0 Å². The number of aromatic nitrogens is 3. The van der Waals surface area contributed by atoms with E-state index in [0.29, 0.717) is 23.8 Å². The topological polar surface area (TPSA) is 65.1 Å². The van der Waals surface area contributed by atoms with Crippen LogP contribution in [0.25, 0.3) is 0 Å². The Kier molecular flexibility index (Phi) is 3.56. The van der Waals surface area contributed by atoms with E-state index in [1.54, 1.807) is 30.9 Å². The lowest BCUT2D eigenvalue weighted by Gasteiger charge is -2.35. The molecule has 3 rings (SSSR count). The third-order valence-corrected chi connectivity index (χ3v) is 3.54. The predicted octanol–water partition coefficient (Wildman–Crippen LogP) is 1.42. The number of aromatic amines is 1. The van der Waals surface area contributed by atoms with Crippen LogP contribution in [0.3, 0.4) is 0 Å². The Hall–Kier alpha value is -2.08. The SMILES string of the molecule is O=C(c1cc(Cl)c[nH]1)N1CCN(c2cnccn2)CC1. The highest BCUT2D eigenvalue weighted by molar-refractivity contribution is 6.30. The van der Waals surface area contributed by atoms with Crippen LogP contribution in [0.5, 0.6) is 0 Å². The quantitative estimate of drug-likeness (QED) is 0.909. The molecule has 0 radical (unpaired) electrons. The molecule has 1 fully saturated rings. The number of halogens is 1. The van der Waals surface area contributed by atoms with Gasteiger partial charge in [-0.3, -0.25) is 9.78 Å². The van der Waals surface area contributed by atoms with Crippen LogP contribution in [0, 0.1) is 0 Å². The van der Waals surface area contributed by atoms with Gasteiger partial charge in [-0.05, 0) is 6.07 Å². The first-order chi connectivity index (χ1) is 9.74. The van der Waals surface area contributed by atoms with E-state index in [2.05, 4.69) is 19.9 Å². The Morgan fingerprint density at radius 2 is 2.05 bits per heavy atom. The first-order valence-electron chi connectivity index (χ1n) is 6.38. The summed E-state index contributed by atoms with van der Waals surface area (Å²) in [6.07, 6.45) is 6.68. The molecule has 104 valence electrons. The second-order valence-electron chi connectivity index (χ2n) is 4.57. The van der Waals surface area contributed by atoms with Crippen LogP contribution in [0.15, 0.2) is 30.9 Å². The average Bonchev–Trinajstić information content (AvgIpc) is 2.94. The minimum absolute atomic E-state index is 0.0179. The fourth-order valence-corrected chi connectivity index (χ4v) is 2.42. The van der Waals surface area contributed by atoms with Crippen LogP contribution in [-0.2, 0) is 0 Å². The highest BCUT2D eigenvalue weighted by Gasteiger charge is 2.23. The van der Waals surface area contributed by atoms with Crippen molar-refractivity contribution in [1.82, 2.24) is 19.9 Å². The van der Waals surface area contributed by atoms with Crippen LogP contribution < -0.4 is 4.90 Å². The van der Waals surface area contributed by atoms with Gasteiger partial charge in [0.05, 0.1) is 11.2 Å². The van der Waals surface area contributed by atoms with Crippen molar-refractivity contribution in [3.63, 3.8) is 0 Å². The molecule has 0 saturated carbocycles. The highest BCUT2D eigenvalue weighted by atomic mass is 35.5. The van der Waals surface area contributed by atoms with E-state index in [4.69, 9.17) is 11.6 Å². The van der Waals surface area contributed by atoms with Gasteiger partial charge < -0.3 is 14.8 Å². The number of carbonyl (C=O) groups is 1. The minimum Gasteiger partial charge on any atom is -0.356 e. The molecule has 1 N–H and O–H groups in total. The second kappa shape index (κ2) is 5.50. The average molecular weight is 292 g/mol. The van der Waals surface area contributed by atoms with Gasteiger partial charge in [-0.2, -0.15) is 0 Å². The first kappa shape index (κ1) is 12.9. The summed E-state index contributed by atoms with van der Waals surface area (Å²) < 4.78 is 0. The van der Waals surface area contributed by atoms with Gasteiger partial charge in [0.25, 0.3) is 5.91 Å². The molecule has 20 heavy (non-hydrogen) atoms. The second-order valence-corrected chi connectivity index (χ2v) is 5.01.